The van der Waals surface area contributed by atoms with Crippen molar-refractivity contribution in [3.63, 3.8) is 0 Å². The third kappa shape index (κ3) is 2.69. The van der Waals surface area contributed by atoms with Gasteiger partial charge >= 0.3 is 0 Å². The van der Waals surface area contributed by atoms with Gasteiger partial charge in [-0.2, -0.15) is 0 Å². The van der Waals surface area contributed by atoms with E-state index in [4.69, 9.17) is 10.1 Å². The Morgan fingerprint density at radius 2 is 1.95 bits per heavy atom. The molecule has 1 fully saturated rings. The van der Waals surface area contributed by atoms with Crippen molar-refractivity contribution in [2.24, 2.45) is 0 Å². The van der Waals surface area contributed by atoms with Gasteiger partial charge in [-0.1, -0.05) is 18.2 Å². The molecular weight excluding hydrogens is 266 g/mol. The molecule has 1 amide bonds. The second-order valence-corrected chi connectivity index (χ2v) is 5.34. The Morgan fingerprint density at radius 3 is 2.67 bits per heavy atom. The number of nitrogens with zero attached hydrogens (tertiary/aromatic N) is 3. The molecule has 0 saturated carbocycles. The smallest absolute Gasteiger partial charge is 0.248 e. The number of anilines is 1. The third-order valence-electron chi connectivity index (χ3n) is 4.00. The summed E-state index contributed by atoms with van der Waals surface area (Å²) in [6.45, 7) is 4.44. The molecule has 2 aromatic rings. The molecule has 1 aromatic heterocycles. The van der Waals surface area contributed by atoms with Gasteiger partial charge in [0.25, 0.3) is 0 Å². The molecule has 0 spiro atoms. The molecular formula is C16H19N3O2. The molecule has 1 saturated heterocycles. The molecule has 0 atom stereocenters. The molecule has 110 valence electrons. The maximum Gasteiger partial charge on any atom is 0.248 e. The van der Waals surface area contributed by atoms with Gasteiger partial charge in [0.15, 0.2) is 0 Å². The van der Waals surface area contributed by atoms with E-state index < -0.39 is 6.61 Å². The van der Waals surface area contributed by atoms with Crippen molar-refractivity contribution in [3.8, 4) is 0 Å². The van der Waals surface area contributed by atoms with Crippen molar-refractivity contribution in [2.75, 3.05) is 37.7 Å². The van der Waals surface area contributed by atoms with Crippen molar-refractivity contribution in [1.29, 1.82) is 0 Å². The number of aryl methyl sites for hydroxylation is 1. The number of para-hydroxylation sites is 1. The van der Waals surface area contributed by atoms with E-state index in [1.807, 2.05) is 18.2 Å². The van der Waals surface area contributed by atoms with E-state index in [9.17, 15) is 4.79 Å². The van der Waals surface area contributed by atoms with Crippen LogP contribution in [0.3, 0.4) is 0 Å². The zero-order chi connectivity index (χ0) is 14.8. The number of rotatable bonds is 2. The Morgan fingerprint density at radius 1 is 1.24 bits per heavy atom. The van der Waals surface area contributed by atoms with Crippen LogP contribution in [0, 0.1) is 6.92 Å². The van der Waals surface area contributed by atoms with Crippen LogP contribution in [-0.4, -0.2) is 53.7 Å². The highest BCUT2D eigenvalue weighted by atomic mass is 16.3. The van der Waals surface area contributed by atoms with E-state index in [2.05, 4.69) is 24.0 Å². The largest absolute Gasteiger partial charge is 0.387 e. The summed E-state index contributed by atoms with van der Waals surface area (Å²) in [6, 6.07) is 10.2. The lowest BCUT2D eigenvalue weighted by atomic mass is 10.1. The summed E-state index contributed by atoms with van der Waals surface area (Å²) in [5, 5.41) is 10.1. The van der Waals surface area contributed by atoms with Gasteiger partial charge in [0.1, 0.15) is 12.4 Å². The molecule has 1 aliphatic heterocycles. The summed E-state index contributed by atoms with van der Waals surface area (Å²) >= 11 is 0. The molecule has 0 bridgehead atoms. The number of amides is 1. The van der Waals surface area contributed by atoms with Crippen molar-refractivity contribution in [3.05, 3.63) is 35.9 Å². The lowest BCUT2D eigenvalue weighted by Crippen LogP contribution is -2.49. The SMILES string of the molecule is Cc1cc(N2CCN(C(=O)CO)CC2)nc2ccccc12. The number of aromatic nitrogens is 1. The van der Waals surface area contributed by atoms with Gasteiger partial charge in [-0.05, 0) is 24.6 Å². The summed E-state index contributed by atoms with van der Waals surface area (Å²) in [5.74, 6) is 0.764. The predicted molar refractivity (Wildman–Crippen MR) is 82.4 cm³/mol. The normalized spacial score (nSPS) is 15.5. The molecule has 1 N–H and O–H groups in total. The zero-order valence-electron chi connectivity index (χ0n) is 12.1. The third-order valence-corrected chi connectivity index (χ3v) is 4.00. The molecule has 21 heavy (non-hydrogen) atoms. The number of carbonyl (C=O) groups excluding carboxylic acids is 1. The van der Waals surface area contributed by atoms with Gasteiger partial charge < -0.3 is 14.9 Å². The van der Waals surface area contributed by atoms with Crippen LogP contribution < -0.4 is 4.90 Å². The van der Waals surface area contributed by atoms with Crippen molar-refractivity contribution in [2.45, 2.75) is 6.92 Å². The number of piperazine rings is 1. The first-order chi connectivity index (χ1) is 10.2. The fourth-order valence-electron chi connectivity index (χ4n) is 2.78. The minimum absolute atomic E-state index is 0.197. The monoisotopic (exact) mass is 285 g/mol. The summed E-state index contributed by atoms with van der Waals surface area (Å²) in [7, 11) is 0. The first kappa shape index (κ1) is 13.8. The minimum atomic E-state index is -0.409. The highest BCUT2D eigenvalue weighted by molar-refractivity contribution is 5.84. The van der Waals surface area contributed by atoms with Gasteiger partial charge in [-0.3, -0.25) is 4.79 Å². The second kappa shape index (κ2) is 5.69. The number of hydrogen-bond acceptors (Lipinski definition) is 4. The van der Waals surface area contributed by atoms with Crippen molar-refractivity contribution >= 4 is 22.6 Å². The number of fused-ring (bicyclic) bond motifs is 1. The molecule has 2 heterocycles. The van der Waals surface area contributed by atoms with Gasteiger partial charge in [-0.15, -0.1) is 0 Å². The summed E-state index contributed by atoms with van der Waals surface area (Å²) in [5.41, 5.74) is 2.21. The van der Waals surface area contributed by atoms with Crippen LogP contribution >= 0.6 is 0 Å². The number of carbonyl (C=O) groups is 1. The van der Waals surface area contributed by atoms with Gasteiger partial charge in [0, 0.05) is 31.6 Å². The number of benzene rings is 1. The van der Waals surface area contributed by atoms with Crippen LogP contribution in [0.25, 0.3) is 10.9 Å². The van der Waals surface area contributed by atoms with Crippen LogP contribution in [0.5, 0.6) is 0 Å². The summed E-state index contributed by atoms with van der Waals surface area (Å²) < 4.78 is 0. The van der Waals surface area contributed by atoms with E-state index in [0.29, 0.717) is 13.1 Å². The van der Waals surface area contributed by atoms with E-state index in [1.165, 1.54) is 10.9 Å². The molecule has 5 heteroatoms. The predicted octanol–water partition coefficient (Wildman–Crippen LogP) is 1.18. The highest BCUT2D eigenvalue weighted by Crippen LogP contribution is 2.23. The van der Waals surface area contributed by atoms with E-state index in [0.717, 1.165) is 24.4 Å². The molecule has 1 aliphatic rings. The Hall–Kier alpha value is -2.14. The second-order valence-electron chi connectivity index (χ2n) is 5.34. The zero-order valence-corrected chi connectivity index (χ0v) is 12.1. The summed E-state index contributed by atoms with van der Waals surface area (Å²) in [6.07, 6.45) is 0. The highest BCUT2D eigenvalue weighted by Gasteiger charge is 2.21. The number of hydrogen-bond donors (Lipinski definition) is 1. The maximum absolute atomic E-state index is 11.5. The first-order valence-corrected chi connectivity index (χ1v) is 7.19. The van der Waals surface area contributed by atoms with E-state index >= 15 is 0 Å². The van der Waals surface area contributed by atoms with Crippen molar-refractivity contribution in [1.82, 2.24) is 9.88 Å². The van der Waals surface area contributed by atoms with Crippen LogP contribution in [-0.2, 0) is 4.79 Å². The Bertz CT molecular complexity index is 664. The fraction of sp³-hybridized carbons (Fsp3) is 0.375. The topological polar surface area (TPSA) is 56.7 Å². The van der Waals surface area contributed by atoms with E-state index in [1.54, 1.807) is 4.90 Å². The molecule has 0 unspecified atom stereocenters. The van der Waals surface area contributed by atoms with Crippen LogP contribution in [0.1, 0.15) is 5.56 Å². The van der Waals surface area contributed by atoms with Gasteiger partial charge in [0.2, 0.25) is 5.91 Å². The Labute approximate surface area is 123 Å². The average molecular weight is 285 g/mol. The first-order valence-electron chi connectivity index (χ1n) is 7.19. The van der Waals surface area contributed by atoms with Crippen LogP contribution in [0.15, 0.2) is 30.3 Å². The average Bonchev–Trinajstić information content (AvgIpc) is 2.54. The molecule has 5 nitrogen and oxygen atoms in total. The van der Waals surface area contributed by atoms with Crippen LogP contribution in [0.4, 0.5) is 5.82 Å². The Balaban J connectivity index is 1.81. The summed E-state index contributed by atoms with van der Waals surface area (Å²) in [4.78, 5) is 20.1. The van der Waals surface area contributed by atoms with E-state index in [-0.39, 0.29) is 5.91 Å². The lowest BCUT2D eigenvalue weighted by Gasteiger charge is -2.35. The molecule has 0 radical (unpaired) electrons. The van der Waals surface area contributed by atoms with Crippen LogP contribution in [0.2, 0.25) is 0 Å². The quantitative estimate of drug-likeness (QED) is 0.900. The molecule has 0 aliphatic carbocycles. The molecule has 1 aromatic carbocycles. The number of aliphatic hydroxyl groups excluding tert-OH is 1. The lowest BCUT2D eigenvalue weighted by molar-refractivity contribution is -0.134. The maximum atomic E-state index is 11.5. The van der Waals surface area contributed by atoms with Gasteiger partial charge in [-0.25, -0.2) is 4.98 Å². The number of pyridine rings is 1. The van der Waals surface area contributed by atoms with Gasteiger partial charge in [0.05, 0.1) is 5.52 Å². The standard InChI is InChI=1S/C16H19N3O2/c1-12-10-15(17-14-5-3-2-4-13(12)14)18-6-8-19(9-7-18)16(21)11-20/h2-5,10,20H,6-9,11H2,1H3. The minimum Gasteiger partial charge on any atom is -0.387 e. The number of aliphatic hydroxyl groups is 1. The Kier molecular flexibility index (Phi) is 3.75. The van der Waals surface area contributed by atoms with Crippen molar-refractivity contribution < 1.29 is 9.90 Å². The fourth-order valence-corrected chi connectivity index (χ4v) is 2.78. The molecule has 3 rings (SSSR count).